The third-order valence-electron chi connectivity index (χ3n) is 5.82. The van der Waals surface area contributed by atoms with Crippen LogP contribution in [0.4, 0.5) is 36.3 Å². The lowest BCUT2D eigenvalue weighted by atomic mass is 9.92. The zero-order valence-electron chi connectivity index (χ0n) is 20.0. The molecule has 3 aromatic carbocycles. The minimum atomic E-state index is -4.56. The first kappa shape index (κ1) is 25.5. The van der Waals surface area contributed by atoms with Crippen molar-refractivity contribution >= 4 is 35.0 Å². The van der Waals surface area contributed by atoms with Gasteiger partial charge in [-0.1, -0.05) is 24.3 Å². The zero-order chi connectivity index (χ0) is 27.6. The predicted octanol–water partition coefficient (Wildman–Crippen LogP) is 5.39. The van der Waals surface area contributed by atoms with E-state index in [0.717, 1.165) is 12.1 Å². The number of para-hydroxylation sites is 1. The smallest absolute Gasteiger partial charge is 0.416 e. The van der Waals surface area contributed by atoms with E-state index in [1.165, 1.54) is 12.1 Å². The zero-order valence-corrected chi connectivity index (χ0v) is 20.0. The predicted molar refractivity (Wildman–Crippen MR) is 137 cm³/mol. The van der Waals surface area contributed by atoms with Crippen LogP contribution < -0.4 is 26.2 Å². The van der Waals surface area contributed by atoms with Gasteiger partial charge in [-0.25, -0.2) is 0 Å². The van der Waals surface area contributed by atoms with E-state index in [1.54, 1.807) is 36.4 Å². The largest absolute Gasteiger partial charge is 0.457 e. The fourth-order valence-corrected chi connectivity index (χ4v) is 4.02. The lowest BCUT2D eigenvalue weighted by molar-refractivity contribution is -0.137. The number of hydrogen-bond donors (Lipinski definition) is 4. The monoisotopic (exact) mass is 535 g/mol. The molecule has 12 heteroatoms. The molecule has 4 N–H and O–H groups in total. The number of nitrogens with one attached hydrogen (secondary N) is 4. The number of halogens is 3. The van der Waals surface area contributed by atoms with Gasteiger partial charge in [-0.3, -0.25) is 19.4 Å². The van der Waals surface area contributed by atoms with Crippen molar-refractivity contribution in [2.24, 2.45) is 0 Å². The number of nitrogens with zero attached hydrogens (tertiary/aromatic N) is 1. The molecular weight excluding hydrogens is 515 g/mol. The second kappa shape index (κ2) is 10.3. The molecule has 198 valence electrons. The summed E-state index contributed by atoms with van der Waals surface area (Å²) in [6.07, 6.45) is -4.85. The number of aromatic nitrogens is 2. The Hall–Kier alpha value is -5.13. The molecule has 2 amide bonds. The number of fused-ring (bicyclic) bond motifs is 1. The molecule has 39 heavy (non-hydrogen) atoms. The van der Waals surface area contributed by atoms with Gasteiger partial charge in [0.2, 0.25) is 17.8 Å². The van der Waals surface area contributed by atoms with Crippen LogP contribution in [0, 0.1) is 0 Å². The Labute approximate surface area is 219 Å². The van der Waals surface area contributed by atoms with Crippen LogP contribution in [0.2, 0.25) is 0 Å². The highest BCUT2D eigenvalue weighted by atomic mass is 19.4. The number of rotatable bonds is 6. The second-order valence-corrected chi connectivity index (χ2v) is 8.61. The third-order valence-corrected chi connectivity index (χ3v) is 5.82. The summed E-state index contributed by atoms with van der Waals surface area (Å²) in [6.45, 7) is 0. The number of alkyl halides is 3. The average Bonchev–Trinajstić information content (AvgIpc) is 2.89. The van der Waals surface area contributed by atoms with E-state index in [-0.39, 0.29) is 29.4 Å². The number of carbonyl (C=O) groups excluding carboxylic acids is 2. The Kier molecular flexibility index (Phi) is 6.75. The molecule has 1 aliphatic rings. The lowest BCUT2D eigenvalue weighted by Crippen LogP contribution is -2.36. The Morgan fingerprint density at radius 2 is 1.64 bits per heavy atom. The summed E-state index contributed by atoms with van der Waals surface area (Å²) in [7, 11) is 0. The minimum absolute atomic E-state index is 0.0176. The summed E-state index contributed by atoms with van der Waals surface area (Å²) in [5.74, 6) is -1.46. The number of benzene rings is 3. The van der Waals surface area contributed by atoms with Crippen LogP contribution in [-0.4, -0.2) is 21.8 Å². The Morgan fingerprint density at radius 3 is 2.36 bits per heavy atom. The van der Waals surface area contributed by atoms with E-state index in [0.29, 0.717) is 17.2 Å². The van der Waals surface area contributed by atoms with Gasteiger partial charge in [0.05, 0.1) is 17.0 Å². The van der Waals surface area contributed by atoms with Crippen LogP contribution in [0.1, 0.15) is 23.5 Å². The van der Waals surface area contributed by atoms with E-state index in [9.17, 15) is 27.6 Å². The molecule has 0 spiro atoms. The molecule has 0 bridgehead atoms. The number of hydrogen-bond acceptors (Lipinski definition) is 6. The van der Waals surface area contributed by atoms with Crippen molar-refractivity contribution in [3.63, 3.8) is 0 Å². The molecule has 9 nitrogen and oxygen atoms in total. The normalized spacial score (nSPS) is 14.6. The number of ether oxygens (including phenoxy) is 1. The Morgan fingerprint density at radius 1 is 0.923 bits per heavy atom. The number of amides is 2. The van der Waals surface area contributed by atoms with Gasteiger partial charge in [0, 0.05) is 17.8 Å². The minimum Gasteiger partial charge on any atom is -0.457 e. The molecule has 1 aliphatic heterocycles. The molecule has 0 saturated heterocycles. The number of carbonyl (C=O) groups is 2. The molecule has 2 heterocycles. The van der Waals surface area contributed by atoms with Crippen molar-refractivity contribution in [1.29, 1.82) is 0 Å². The highest BCUT2D eigenvalue weighted by Crippen LogP contribution is 2.33. The van der Waals surface area contributed by atoms with Gasteiger partial charge in [0.1, 0.15) is 17.3 Å². The van der Waals surface area contributed by atoms with Gasteiger partial charge in [-0.15, -0.1) is 0 Å². The van der Waals surface area contributed by atoms with E-state index in [4.69, 9.17) is 4.74 Å². The van der Waals surface area contributed by atoms with Crippen molar-refractivity contribution < 1.29 is 27.5 Å². The van der Waals surface area contributed by atoms with Gasteiger partial charge in [0.25, 0.3) is 5.56 Å². The highest BCUT2D eigenvalue weighted by molar-refractivity contribution is 6.04. The van der Waals surface area contributed by atoms with Crippen molar-refractivity contribution in [1.82, 2.24) is 9.97 Å². The van der Waals surface area contributed by atoms with Crippen molar-refractivity contribution in [2.75, 3.05) is 16.0 Å². The molecule has 0 radical (unpaired) electrons. The van der Waals surface area contributed by atoms with Crippen molar-refractivity contribution in [2.45, 2.75) is 18.5 Å². The van der Waals surface area contributed by atoms with Crippen molar-refractivity contribution in [3.05, 3.63) is 100 Å². The first-order valence-corrected chi connectivity index (χ1v) is 11.7. The second-order valence-electron chi connectivity index (χ2n) is 8.61. The molecule has 1 atom stereocenters. The van der Waals surface area contributed by atoms with E-state index in [1.807, 2.05) is 18.2 Å². The lowest BCUT2D eigenvalue weighted by Gasteiger charge is -2.23. The summed E-state index contributed by atoms with van der Waals surface area (Å²) in [5, 5.41) is 7.74. The Bertz CT molecular complexity index is 1590. The van der Waals surface area contributed by atoms with Gasteiger partial charge >= 0.3 is 6.18 Å². The van der Waals surface area contributed by atoms with Gasteiger partial charge in [-0.2, -0.15) is 18.2 Å². The summed E-state index contributed by atoms with van der Waals surface area (Å²) in [5.41, 5.74) is -1.24. The van der Waals surface area contributed by atoms with Crippen LogP contribution in [-0.2, 0) is 15.8 Å². The summed E-state index contributed by atoms with van der Waals surface area (Å²) in [6, 6.07) is 20.0. The molecule has 5 rings (SSSR count). The number of aromatic amines is 1. The first-order valence-electron chi connectivity index (χ1n) is 11.7. The first-order chi connectivity index (χ1) is 18.7. The fourth-order valence-electron chi connectivity index (χ4n) is 4.02. The summed E-state index contributed by atoms with van der Waals surface area (Å²) >= 11 is 0. The fraction of sp³-hybridized carbons (Fsp3) is 0.111. The molecule has 0 saturated carbocycles. The number of anilines is 4. The molecule has 4 aromatic rings. The molecule has 0 fully saturated rings. The van der Waals surface area contributed by atoms with Gasteiger partial charge in [-0.05, 0) is 54.6 Å². The molecule has 0 aliphatic carbocycles. The number of H-pyrrole nitrogens is 1. The van der Waals surface area contributed by atoms with E-state index < -0.39 is 35.0 Å². The van der Waals surface area contributed by atoms with Crippen LogP contribution in [0.5, 0.6) is 11.5 Å². The van der Waals surface area contributed by atoms with Crippen LogP contribution >= 0.6 is 0 Å². The van der Waals surface area contributed by atoms with Crippen LogP contribution in [0.15, 0.2) is 83.7 Å². The molecule has 1 aromatic heterocycles. The molecular formula is C27H20F3N5O4. The highest BCUT2D eigenvalue weighted by Gasteiger charge is 2.35. The maximum atomic E-state index is 13.1. The van der Waals surface area contributed by atoms with Crippen LogP contribution in [0.25, 0.3) is 0 Å². The maximum Gasteiger partial charge on any atom is 0.416 e. The Balaban J connectivity index is 1.33. The topological polar surface area (TPSA) is 125 Å². The van der Waals surface area contributed by atoms with Gasteiger partial charge < -0.3 is 20.7 Å². The summed E-state index contributed by atoms with van der Waals surface area (Å²) in [4.78, 5) is 44.9. The molecule has 0 unspecified atom stereocenters. The van der Waals surface area contributed by atoms with E-state index >= 15 is 0 Å². The van der Waals surface area contributed by atoms with Crippen molar-refractivity contribution in [3.8, 4) is 11.5 Å². The average molecular weight is 535 g/mol. The maximum absolute atomic E-state index is 13.1. The standard InChI is InChI=1S/C27H20F3N5O4/c28-27(29,30)15-5-4-6-17(13-15)32-26-34-23-22(25(38)35-26)20(14-21(36)33-23)24(37)31-16-9-11-19(12-10-16)39-18-7-2-1-3-8-18/h1-13,20H,14H2,(H,31,37)(H3,32,33,34,35,36,38)/t20-/m1/s1. The quantitative estimate of drug-likeness (QED) is 0.262. The van der Waals surface area contributed by atoms with E-state index in [2.05, 4.69) is 25.9 Å². The third kappa shape index (κ3) is 5.90. The van der Waals surface area contributed by atoms with Crippen LogP contribution in [0.3, 0.4) is 0 Å². The summed E-state index contributed by atoms with van der Waals surface area (Å²) < 4.78 is 44.8. The SMILES string of the molecule is O=C1C[C@@H](C(=O)Nc2ccc(Oc3ccccc3)cc2)c2c(nc(Nc3cccc(C(F)(F)F)c3)[nH]c2=O)N1. The van der Waals surface area contributed by atoms with Gasteiger partial charge in [0.15, 0.2) is 0 Å².